The van der Waals surface area contributed by atoms with Gasteiger partial charge < -0.3 is 10.1 Å². The number of fused-ring (bicyclic) bond motifs is 2. The summed E-state index contributed by atoms with van der Waals surface area (Å²) in [4.78, 5) is 25.2. The average molecular weight is 301 g/mol. The molecule has 3 rings (SSSR count). The lowest BCUT2D eigenvalue weighted by atomic mass is 9.66. The van der Waals surface area contributed by atoms with Gasteiger partial charge >= 0.3 is 5.97 Å². The van der Waals surface area contributed by atoms with Crippen molar-refractivity contribution in [3.63, 3.8) is 0 Å². The number of ether oxygens (including phenoxy) is 1. The normalized spacial score (nSPS) is 32.0. The van der Waals surface area contributed by atoms with Crippen LogP contribution in [0.25, 0.3) is 0 Å². The van der Waals surface area contributed by atoms with E-state index in [2.05, 4.69) is 5.32 Å². The van der Waals surface area contributed by atoms with Crippen molar-refractivity contribution in [1.29, 1.82) is 0 Å². The van der Waals surface area contributed by atoms with Crippen molar-refractivity contribution in [3.05, 3.63) is 29.3 Å². The van der Waals surface area contributed by atoms with Crippen molar-refractivity contribution in [3.8, 4) is 0 Å². The Labute approximate surface area is 131 Å². The van der Waals surface area contributed by atoms with E-state index in [0.29, 0.717) is 12.8 Å². The number of rotatable bonds is 2. The van der Waals surface area contributed by atoms with Gasteiger partial charge in [0.2, 0.25) is 0 Å². The zero-order chi connectivity index (χ0) is 16.3. The molecule has 1 aromatic carbocycles. The van der Waals surface area contributed by atoms with Gasteiger partial charge in [-0.1, -0.05) is 31.5 Å². The quantitative estimate of drug-likeness (QED) is 0.852. The number of hydrogen-bond donors (Lipinski definition) is 1. The molecular weight excluding hydrogens is 278 g/mol. The van der Waals surface area contributed by atoms with E-state index in [0.717, 1.165) is 16.8 Å². The standard InChI is InChI=1S/C18H23NO3/c1-11-6-7-13(12(2)10-11)19-14(20)18-9-8-17(5,15(21)22-18)16(18,3)4/h6-7,10H,8-9H2,1-5H3,(H,19,20)/t17-,18-/m1/s1. The molecule has 1 aliphatic carbocycles. The van der Waals surface area contributed by atoms with Gasteiger partial charge in [0.1, 0.15) is 0 Å². The molecule has 118 valence electrons. The highest BCUT2D eigenvalue weighted by molar-refractivity contribution is 6.03. The second kappa shape index (κ2) is 4.34. The van der Waals surface area contributed by atoms with Crippen LogP contribution >= 0.6 is 0 Å². The number of esters is 1. The average Bonchev–Trinajstić information content (AvgIpc) is 2.72. The van der Waals surface area contributed by atoms with Crippen LogP contribution in [-0.4, -0.2) is 17.5 Å². The van der Waals surface area contributed by atoms with Gasteiger partial charge in [-0.05, 0) is 45.2 Å². The van der Waals surface area contributed by atoms with Crippen LogP contribution < -0.4 is 5.32 Å². The maximum absolute atomic E-state index is 12.9. The first-order valence-corrected chi connectivity index (χ1v) is 7.76. The first kappa shape index (κ1) is 15.1. The van der Waals surface area contributed by atoms with E-state index < -0.39 is 16.4 Å². The molecule has 1 heterocycles. The van der Waals surface area contributed by atoms with E-state index in [1.807, 2.05) is 52.8 Å². The highest BCUT2D eigenvalue weighted by Gasteiger charge is 2.75. The number of nitrogens with one attached hydrogen (secondary N) is 1. The van der Waals surface area contributed by atoms with Crippen LogP contribution in [0.1, 0.15) is 44.7 Å². The lowest BCUT2D eigenvalue weighted by molar-refractivity contribution is -0.165. The zero-order valence-corrected chi connectivity index (χ0v) is 13.9. The molecule has 1 aliphatic heterocycles. The van der Waals surface area contributed by atoms with Gasteiger partial charge in [0.25, 0.3) is 5.91 Å². The molecular formula is C18H23NO3. The number of hydrogen-bond acceptors (Lipinski definition) is 3. The van der Waals surface area contributed by atoms with Crippen LogP contribution in [0.4, 0.5) is 5.69 Å². The Bertz CT molecular complexity index is 679. The van der Waals surface area contributed by atoms with Gasteiger partial charge in [-0.15, -0.1) is 0 Å². The molecule has 0 spiro atoms. The predicted molar refractivity (Wildman–Crippen MR) is 84.5 cm³/mol. The van der Waals surface area contributed by atoms with Gasteiger partial charge in [0, 0.05) is 11.1 Å². The molecule has 4 heteroatoms. The van der Waals surface area contributed by atoms with E-state index in [1.54, 1.807) is 0 Å². The predicted octanol–water partition coefficient (Wildman–Crippen LogP) is 3.36. The summed E-state index contributed by atoms with van der Waals surface area (Å²) in [5.41, 5.74) is 0.780. The number of amides is 1. The van der Waals surface area contributed by atoms with Crippen molar-refractivity contribution in [2.75, 3.05) is 5.32 Å². The van der Waals surface area contributed by atoms with E-state index in [1.165, 1.54) is 0 Å². The molecule has 1 N–H and O–H groups in total. The molecule has 0 unspecified atom stereocenters. The first-order valence-electron chi connectivity index (χ1n) is 7.76. The summed E-state index contributed by atoms with van der Waals surface area (Å²) in [6.45, 7) is 9.82. The lowest BCUT2D eigenvalue weighted by Crippen LogP contribution is -2.50. The van der Waals surface area contributed by atoms with E-state index in [9.17, 15) is 9.59 Å². The third-order valence-corrected chi connectivity index (χ3v) is 6.08. The van der Waals surface area contributed by atoms with Gasteiger partial charge in [-0.25, -0.2) is 0 Å². The SMILES string of the molecule is Cc1ccc(NC(=O)[C@@]23CC[C@](C)(C(=O)O2)C3(C)C)c(C)c1. The van der Waals surface area contributed by atoms with Crippen LogP contribution in [-0.2, 0) is 14.3 Å². The maximum atomic E-state index is 12.9. The fraction of sp³-hybridized carbons (Fsp3) is 0.556. The van der Waals surface area contributed by atoms with Crippen LogP contribution in [0, 0.1) is 24.7 Å². The van der Waals surface area contributed by atoms with Crippen LogP contribution in [0.2, 0.25) is 0 Å². The molecule has 2 aliphatic rings. The third-order valence-electron chi connectivity index (χ3n) is 6.08. The molecule has 4 nitrogen and oxygen atoms in total. The zero-order valence-electron chi connectivity index (χ0n) is 13.9. The minimum atomic E-state index is -1.06. The van der Waals surface area contributed by atoms with Gasteiger partial charge in [0.15, 0.2) is 5.60 Å². The Hall–Kier alpha value is -1.84. The minimum absolute atomic E-state index is 0.209. The van der Waals surface area contributed by atoms with Crippen LogP contribution in [0.5, 0.6) is 0 Å². The number of aryl methyl sites for hydroxylation is 2. The summed E-state index contributed by atoms with van der Waals surface area (Å²) in [6.07, 6.45) is 1.28. The third kappa shape index (κ3) is 1.64. The molecule has 2 bridgehead atoms. The van der Waals surface area contributed by atoms with Gasteiger partial charge in [-0.3, -0.25) is 9.59 Å². The highest BCUT2D eigenvalue weighted by Crippen LogP contribution is 2.65. The van der Waals surface area contributed by atoms with Crippen LogP contribution in [0.15, 0.2) is 18.2 Å². The Morgan fingerprint density at radius 2 is 1.86 bits per heavy atom. The summed E-state index contributed by atoms with van der Waals surface area (Å²) in [6, 6.07) is 5.89. The largest absolute Gasteiger partial charge is 0.448 e. The van der Waals surface area contributed by atoms with Gasteiger partial charge in [0.05, 0.1) is 5.41 Å². The first-order chi connectivity index (χ1) is 10.1. The number of carbonyl (C=O) groups is 2. The lowest BCUT2D eigenvalue weighted by Gasteiger charge is -2.35. The fourth-order valence-corrected chi connectivity index (χ4v) is 3.92. The molecule has 2 fully saturated rings. The molecule has 1 aromatic rings. The minimum Gasteiger partial charge on any atom is -0.448 e. The molecule has 0 radical (unpaired) electrons. The summed E-state index contributed by atoms with van der Waals surface area (Å²) >= 11 is 0. The number of carbonyl (C=O) groups excluding carboxylic acids is 2. The molecule has 1 amide bonds. The van der Waals surface area contributed by atoms with Crippen molar-refractivity contribution in [1.82, 2.24) is 0 Å². The Morgan fingerprint density at radius 3 is 2.36 bits per heavy atom. The topological polar surface area (TPSA) is 55.4 Å². The Morgan fingerprint density at radius 1 is 1.18 bits per heavy atom. The van der Waals surface area contributed by atoms with Crippen molar-refractivity contribution >= 4 is 17.6 Å². The Kier molecular flexibility index (Phi) is 2.97. The van der Waals surface area contributed by atoms with E-state index in [4.69, 9.17) is 4.74 Å². The van der Waals surface area contributed by atoms with Crippen molar-refractivity contribution in [2.24, 2.45) is 10.8 Å². The highest BCUT2D eigenvalue weighted by atomic mass is 16.6. The van der Waals surface area contributed by atoms with Crippen LogP contribution in [0.3, 0.4) is 0 Å². The molecule has 2 atom stereocenters. The summed E-state index contributed by atoms with van der Waals surface area (Å²) < 4.78 is 5.61. The van der Waals surface area contributed by atoms with E-state index in [-0.39, 0.29) is 11.9 Å². The van der Waals surface area contributed by atoms with Crippen molar-refractivity contribution in [2.45, 2.75) is 53.1 Å². The van der Waals surface area contributed by atoms with Crippen molar-refractivity contribution < 1.29 is 14.3 Å². The molecule has 22 heavy (non-hydrogen) atoms. The maximum Gasteiger partial charge on any atom is 0.313 e. The molecule has 1 saturated carbocycles. The van der Waals surface area contributed by atoms with Gasteiger partial charge in [-0.2, -0.15) is 0 Å². The summed E-state index contributed by atoms with van der Waals surface area (Å²) in [7, 11) is 0. The summed E-state index contributed by atoms with van der Waals surface area (Å²) in [5, 5.41) is 2.98. The smallest absolute Gasteiger partial charge is 0.313 e. The van der Waals surface area contributed by atoms with E-state index >= 15 is 0 Å². The second-order valence-corrected chi connectivity index (χ2v) is 7.45. The fourth-order valence-electron chi connectivity index (χ4n) is 3.92. The molecule has 0 aromatic heterocycles. The summed E-state index contributed by atoms with van der Waals surface area (Å²) in [5.74, 6) is -0.460. The molecule has 1 saturated heterocycles. The number of anilines is 1. The second-order valence-electron chi connectivity index (χ2n) is 7.45. The number of benzene rings is 1. The Balaban J connectivity index is 1.94. The monoisotopic (exact) mass is 301 g/mol.